The highest BCUT2D eigenvalue weighted by molar-refractivity contribution is 7.91. The van der Waals surface area contributed by atoms with Crippen molar-refractivity contribution in [3.63, 3.8) is 0 Å². The third-order valence-corrected chi connectivity index (χ3v) is 8.78. The van der Waals surface area contributed by atoms with Gasteiger partial charge in [-0.05, 0) is 78.7 Å². The molecule has 2 heterocycles. The quantitative estimate of drug-likeness (QED) is 0.393. The van der Waals surface area contributed by atoms with Crippen LogP contribution < -0.4 is 0 Å². The van der Waals surface area contributed by atoms with Crippen LogP contribution in [0.5, 0.6) is 0 Å². The van der Waals surface area contributed by atoms with Gasteiger partial charge in [0.25, 0.3) is 0 Å². The number of benzene rings is 2. The summed E-state index contributed by atoms with van der Waals surface area (Å²) in [5.74, 6) is 0. The third-order valence-electron chi connectivity index (χ3n) is 5.62. The molecule has 2 aromatic carbocycles. The van der Waals surface area contributed by atoms with E-state index in [-0.39, 0.29) is 0 Å². The predicted molar refractivity (Wildman–Crippen MR) is 123 cm³/mol. The zero-order chi connectivity index (χ0) is 20.8. The molecule has 29 heavy (non-hydrogen) atoms. The molecule has 0 N–H and O–H groups in total. The van der Waals surface area contributed by atoms with E-state index in [1.54, 1.807) is 31.4 Å². The van der Waals surface area contributed by atoms with Crippen LogP contribution in [0.15, 0.2) is 66.2 Å². The molecule has 0 bridgehead atoms. The zero-order valence-corrected chi connectivity index (χ0v) is 18.6. The molecule has 0 saturated heterocycles. The van der Waals surface area contributed by atoms with Gasteiger partial charge in [0.05, 0.1) is 10.3 Å². The minimum absolute atomic E-state index is 0.771. The average molecular weight is 422 g/mol. The fraction of sp³-hybridized carbons (Fsp3) is 0.208. The summed E-state index contributed by atoms with van der Waals surface area (Å²) >= 11 is 1.73. The van der Waals surface area contributed by atoms with E-state index < -0.39 is 14.6 Å². The van der Waals surface area contributed by atoms with Gasteiger partial charge in [-0.3, -0.25) is 4.98 Å². The molecule has 0 atom stereocenters. The first kappa shape index (κ1) is 19.8. The van der Waals surface area contributed by atoms with Crippen molar-refractivity contribution >= 4 is 32.1 Å². The number of aromatic nitrogens is 1. The smallest absolute Gasteiger partial charge is 0.156 e. The number of rotatable bonds is 4. The Kier molecular flexibility index (Phi) is 4.83. The minimum atomic E-state index is -3.29. The van der Waals surface area contributed by atoms with Crippen LogP contribution >= 0.6 is 11.3 Å². The van der Waals surface area contributed by atoms with Crippen LogP contribution in [0, 0.1) is 6.92 Å². The minimum Gasteiger partial charge on any atom is -0.256 e. The van der Waals surface area contributed by atoms with Gasteiger partial charge in [0.1, 0.15) is 0 Å². The molecule has 0 fully saturated rings. The number of nitrogens with zero attached hydrogens (tertiary/aromatic N) is 1. The molecule has 5 heteroatoms. The molecule has 148 valence electrons. The van der Waals surface area contributed by atoms with Crippen LogP contribution in [0.2, 0.25) is 0 Å². The molecule has 4 aromatic rings. The Bertz CT molecular complexity index is 1320. The van der Waals surface area contributed by atoms with Crippen LogP contribution in [0.1, 0.15) is 25.0 Å². The number of thiophene rings is 1. The molecule has 4 rings (SSSR count). The van der Waals surface area contributed by atoms with Crippen LogP contribution in [-0.2, 0) is 14.6 Å². The van der Waals surface area contributed by atoms with Crippen molar-refractivity contribution in [2.24, 2.45) is 0 Å². The van der Waals surface area contributed by atoms with Gasteiger partial charge >= 0.3 is 0 Å². The van der Waals surface area contributed by atoms with Gasteiger partial charge in [0.15, 0.2) is 9.84 Å². The number of hydrogen-bond donors (Lipinski definition) is 0. The van der Waals surface area contributed by atoms with Gasteiger partial charge in [-0.25, -0.2) is 8.42 Å². The molecule has 0 unspecified atom stereocenters. The van der Waals surface area contributed by atoms with Gasteiger partial charge in [0.2, 0.25) is 0 Å². The number of pyridine rings is 1. The molecule has 0 spiro atoms. The van der Waals surface area contributed by atoms with E-state index >= 15 is 0 Å². The van der Waals surface area contributed by atoms with E-state index in [9.17, 15) is 8.42 Å². The molecule has 0 radical (unpaired) electrons. The summed E-state index contributed by atoms with van der Waals surface area (Å²) in [7, 11) is -3.29. The maximum absolute atomic E-state index is 12.5. The lowest BCUT2D eigenvalue weighted by atomic mass is 9.92. The van der Waals surface area contributed by atoms with Gasteiger partial charge in [0, 0.05) is 28.3 Å². The fourth-order valence-corrected chi connectivity index (χ4v) is 4.94. The Morgan fingerprint density at radius 3 is 2.41 bits per heavy atom. The van der Waals surface area contributed by atoms with Crippen molar-refractivity contribution in [2.75, 3.05) is 6.26 Å². The zero-order valence-electron chi connectivity index (χ0n) is 16.9. The molecule has 0 saturated carbocycles. The highest BCUT2D eigenvalue weighted by atomic mass is 32.2. The van der Waals surface area contributed by atoms with E-state index in [1.807, 2.05) is 30.3 Å². The summed E-state index contributed by atoms with van der Waals surface area (Å²) in [6, 6.07) is 18.3. The second-order valence-corrected chi connectivity index (χ2v) is 11.4. The summed E-state index contributed by atoms with van der Waals surface area (Å²) in [6.07, 6.45) is 3.07. The Hall–Kier alpha value is -2.50. The number of hydrogen-bond acceptors (Lipinski definition) is 4. The maximum atomic E-state index is 12.5. The second kappa shape index (κ2) is 7.08. The molecular weight excluding hydrogens is 398 g/mol. The Morgan fingerprint density at radius 2 is 1.72 bits per heavy atom. The van der Waals surface area contributed by atoms with Crippen molar-refractivity contribution < 1.29 is 8.42 Å². The van der Waals surface area contributed by atoms with Crippen LogP contribution in [-0.4, -0.2) is 19.7 Å². The molecule has 0 aliphatic rings. The van der Waals surface area contributed by atoms with Crippen LogP contribution in [0.3, 0.4) is 0 Å². The second-order valence-electron chi connectivity index (χ2n) is 7.89. The fourth-order valence-electron chi connectivity index (χ4n) is 3.47. The van der Waals surface area contributed by atoms with E-state index in [1.165, 1.54) is 16.7 Å². The maximum Gasteiger partial charge on any atom is 0.156 e. The molecule has 3 nitrogen and oxygen atoms in total. The SMILES string of the molecule is Cc1ccsc1-c1cccc(-c2cc(C(C)(C)S(C)(=O)=O)cc3cccnc23)c1. The lowest BCUT2D eigenvalue weighted by molar-refractivity contribution is 0.561. The summed E-state index contributed by atoms with van der Waals surface area (Å²) in [5.41, 5.74) is 6.04. The van der Waals surface area contributed by atoms with E-state index in [0.29, 0.717) is 0 Å². The summed E-state index contributed by atoms with van der Waals surface area (Å²) < 4.78 is 23.9. The first-order chi connectivity index (χ1) is 13.7. The Labute approximate surface area is 176 Å². The monoisotopic (exact) mass is 421 g/mol. The Morgan fingerprint density at radius 1 is 0.966 bits per heavy atom. The average Bonchev–Trinajstić information content (AvgIpc) is 3.12. The van der Waals surface area contributed by atoms with Crippen molar-refractivity contribution in [2.45, 2.75) is 25.5 Å². The molecule has 0 aliphatic heterocycles. The normalized spacial score (nSPS) is 12.4. The lowest BCUT2D eigenvalue weighted by Gasteiger charge is -2.24. The van der Waals surface area contributed by atoms with Crippen LogP contribution in [0.4, 0.5) is 0 Å². The number of fused-ring (bicyclic) bond motifs is 1. The van der Waals surface area contributed by atoms with Crippen molar-refractivity contribution in [3.8, 4) is 21.6 Å². The largest absolute Gasteiger partial charge is 0.256 e. The highest BCUT2D eigenvalue weighted by Crippen LogP contribution is 2.38. The lowest BCUT2D eigenvalue weighted by Crippen LogP contribution is -2.28. The number of aryl methyl sites for hydroxylation is 1. The summed E-state index contributed by atoms with van der Waals surface area (Å²) in [6.45, 7) is 5.63. The third kappa shape index (κ3) is 3.49. The van der Waals surface area contributed by atoms with Crippen LogP contribution in [0.25, 0.3) is 32.5 Å². The van der Waals surface area contributed by atoms with Crippen molar-refractivity contribution in [1.29, 1.82) is 0 Å². The standard InChI is InChI=1S/C24H23NO2S2/c1-16-10-12-28-23(16)19-8-5-7-17(13-19)21-15-20(24(2,3)29(4,26)27)14-18-9-6-11-25-22(18)21/h5-15H,1-4H3. The first-order valence-corrected chi connectivity index (χ1v) is 12.2. The topological polar surface area (TPSA) is 47.0 Å². The van der Waals surface area contributed by atoms with Crippen molar-refractivity contribution in [1.82, 2.24) is 4.98 Å². The molecule has 2 aromatic heterocycles. The molecule has 0 amide bonds. The summed E-state index contributed by atoms with van der Waals surface area (Å²) in [4.78, 5) is 5.85. The predicted octanol–water partition coefficient (Wildman–Crippen LogP) is 6.22. The van der Waals surface area contributed by atoms with E-state index in [2.05, 4.69) is 41.6 Å². The first-order valence-electron chi connectivity index (χ1n) is 9.42. The molecule has 0 aliphatic carbocycles. The number of sulfone groups is 1. The highest BCUT2D eigenvalue weighted by Gasteiger charge is 2.33. The Balaban J connectivity index is 1.98. The van der Waals surface area contributed by atoms with Gasteiger partial charge in [-0.15, -0.1) is 11.3 Å². The van der Waals surface area contributed by atoms with Gasteiger partial charge in [-0.1, -0.05) is 24.3 Å². The summed E-state index contributed by atoms with van der Waals surface area (Å²) in [5, 5.41) is 3.04. The van der Waals surface area contributed by atoms with E-state index in [0.717, 1.165) is 33.2 Å². The van der Waals surface area contributed by atoms with Gasteiger partial charge < -0.3 is 0 Å². The van der Waals surface area contributed by atoms with Crippen molar-refractivity contribution in [3.05, 3.63) is 77.3 Å². The molecular formula is C24H23NO2S2. The van der Waals surface area contributed by atoms with E-state index in [4.69, 9.17) is 0 Å². The van der Waals surface area contributed by atoms with Gasteiger partial charge in [-0.2, -0.15) is 0 Å².